The van der Waals surface area contributed by atoms with Crippen LogP contribution in [0.3, 0.4) is 0 Å². The highest BCUT2D eigenvalue weighted by Crippen LogP contribution is 2.39. The van der Waals surface area contributed by atoms with Crippen molar-refractivity contribution in [1.29, 1.82) is 0 Å². The topological polar surface area (TPSA) is 73.8 Å². The van der Waals surface area contributed by atoms with Crippen LogP contribution >= 0.6 is 0 Å². The van der Waals surface area contributed by atoms with E-state index in [4.69, 9.17) is 37.9 Å². The smallest absolute Gasteiger partial charge is 0.186 e. The fourth-order valence-electron chi connectivity index (χ4n) is 4.80. The van der Waals surface area contributed by atoms with Gasteiger partial charge in [0.1, 0.15) is 30.5 Å². The van der Waals surface area contributed by atoms with Crippen LogP contribution in [0.5, 0.6) is 0 Å². The van der Waals surface area contributed by atoms with Crippen LogP contribution in [0.2, 0.25) is 0 Å². The number of rotatable bonds is 11. The number of benzene rings is 2. The van der Waals surface area contributed by atoms with Crippen molar-refractivity contribution >= 4 is 0 Å². The van der Waals surface area contributed by atoms with Crippen molar-refractivity contribution in [3.63, 3.8) is 0 Å². The van der Waals surface area contributed by atoms with Crippen LogP contribution in [-0.4, -0.2) is 69.2 Å². The Morgan fingerprint density at radius 1 is 0.730 bits per heavy atom. The quantitative estimate of drug-likeness (QED) is 0.419. The molecule has 2 fully saturated rings. The molecule has 0 radical (unpaired) electrons. The van der Waals surface area contributed by atoms with Crippen LogP contribution < -0.4 is 0 Å². The van der Waals surface area contributed by atoms with Gasteiger partial charge in [0.2, 0.25) is 0 Å². The molecule has 3 aliphatic heterocycles. The lowest BCUT2D eigenvalue weighted by atomic mass is 10.1. The molecule has 0 amide bonds. The molecule has 3 aliphatic rings. The summed E-state index contributed by atoms with van der Waals surface area (Å²) in [5, 5.41) is 0. The average Bonchev–Trinajstić information content (AvgIpc) is 3.40. The fraction of sp³-hybridized carbons (Fsp3) is 0.517. The highest BCUT2D eigenvalue weighted by atomic mass is 16.8. The second-order valence-electron chi connectivity index (χ2n) is 9.87. The van der Waals surface area contributed by atoms with E-state index in [1.807, 2.05) is 86.7 Å². The standard InChI is InChI=1S/C29H36O8/c1-29(2)36-26-24(35-28(30-3)27(26)37-29)19-33-25-15-14-22(32-17-21-12-8-5-9-13-21)23(34-25)18-31-16-20-10-6-4-7-11-20/h4-15,22-28H,16-19H2,1-3H3/t22-,23+,24+,25-,26+,27+,28+/m0/s1. The molecule has 2 aromatic carbocycles. The number of ether oxygens (including phenoxy) is 8. The van der Waals surface area contributed by atoms with Crippen LogP contribution in [0.4, 0.5) is 0 Å². The Kier molecular flexibility index (Phi) is 8.69. The van der Waals surface area contributed by atoms with Gasteiger partial charge < -0.3 is 37.9 Å². The van der Waals surface area contributed by atoms with Crippen molar-refractivity contribution in [3.05, 3.63) is 83.9 Å². The van der Waals surface area contributed by atoms with Gasteiger partial charge in [0.15, 0.2) is 18.4 Å². The van der Waals surface area contributed by atoms with E-state index < -0.39 is 18.4 Å². The predicted molar refractivity (Wildman–Crippen MR) is 134 cm³/mol. The SMILES string of the molecule is CO[C@@H]1O[C@H](CO[C@@H]2C=C[C@H](OCc3ccccc3)[C@@H](COCc3ccccc3)O2)[C@H]2OC(C)(C)O[C@@H]12. The number of hydrogen-bond acceptors (Lipinski definition) is 8. The maximum atomic E-state index is 6.27. The van der Waals surface area contributed by atoms with Gasteiger partial charge in [-0.3, -0.25) is 0 Å². The first-order valence-corrected chi connectivity index (χ1v) is 12.8. The van der Waals surface area contributed by atoms with Gasteiger partial charge in [-0.05, 0) is 31.1 Å². The highest BCUT2D eigenvalue weighted by Gasteiger charge is 2.55. The summed E-state index contributed by atoms with van der Waals surface area (Å²) in [5.74, 6) is -0.695. The first kappa shape index (κ1) is 26.5. The van der Waals surface area contributed by atoms with Crippen molar-refractivity contribution in [3.8, 4) is 0 Å². The minimum Gasteiger partial charge on any atom is -0.374 e. The molecular weight excluding hydrogens is 476 g/mol. The molecule has 3 heterocycles. The van der Waals surface area contributed by atoms with E-state index in [0.717, 1.165) is 11.1 Å². The Morgan fingerprint density at radius 3 is 2.11 bits per heavy atom. The van der Waals surface area contributed by atoms with E-state index in [0.29, 0.717) is 19.8 Å². The Labute approximate surface area is 218 Å². The monoisotopic (exact) mass is 512 g/mol. The van der Waals surface area contributed by atoms with Gasteiger partial charge in [-0.15, -0.1) is 0 Å². The van der Waals surface area contributed by atoms with Gasteiger partial charge in [0.25, 0.3) is 0 Å². The van der Waals surface area contributed by atoms with Gasteiger partial charge in [0, 0.05) is 7.11 Å². The molecule has 200 valence electrons. The number of methoxy groups -OCH3 is 1. The lowest BCUT2D eigenvalue weighted by Crippen LogP contribution is -2.42. The van der Waals surface area contributed by atoms with Crippen LogP contribution in [-0.2, 0) is 51.1 Å². The van der Waals surface area contributed by atoms with Gasteiger partial charge in [0.05, 0.1) is 26.4 Å². The van der Waals surface area contributed by atoms with Gasteiger partial charge in [-0.25, -0.2) is 0 Å². The Balaban J connectivity index is 1.18. The minimum atomic E-state index is -0.695. The Morgan fingerprint density at radius 2 is 1.41 bits per heavy atom. The van der Waals surface area contributed by atoms with Crippen LogP contribution in [0.25, 0.3) is 0 Å². The largest absolute Gasteiger partial charge is 0.374 e. The molecule has 8 heteroatoms. The van der Waals surface area contributed by atoms with E-state index in [1.54, 1.807) is 7.11 Å². The van der Waals surface area contributed by atoms with Crippen molar-refractivity contribution < 1.29 is 37.9 Å². The number of hydrogen-bond donors (Lipinski definition) is 0. The van der Waals surface area contributed by atoms with Crippen molar-refractivity contribution in [2.45, 2.75) is 75.9 Å². The van der Waals surface area contributed by atoms with Gasteiger partial charge >= 0.3 is 0 Å². The van der Waals surface area contributed by atoms with Crippen molar-refractivity contribution in [2.24, 2.45) is 0 Å². The fourth-order valence-corrected chi connectivity index (χ4v) is 4.80. The minimum absolute atomic E-state index is 0.266. The first-order chi connectivity index (χ1) is 18.0. The third-order valence-electron chi connectivity index (χ3n) is 6.58. The van der Waals surface area contributed by atoms with Crippen LogP contribution in [0.1, 0.15) is 25.0 Å². The van der Waals surface area contributed by atoms with Crippen LogP contribution in [0, 0.1) is 0 Å². The molecule has 0 aromatic heterocycles. The summed E-state index contributed by atoms with van der Waals surface area (Å²) in [6.07, 6.45) is 1.27. The van der Waals surface area contributed by atoms with E-state index >= 15 is 0 Å². The maximum Gasteiger partial charge on any atom is 0.186 e. The van der Waals surface area contributed by atoms with Crippen molar-refractivity contribution in [1.82, 2.24) is 0 Å². The summed E-state index contributed by atoms with van der Waals surface area (Å²) in [6.45, 7) is 5.37. The Bertz CT molecular complexity index is 997. The third kappa shape index (κ3) is 6.85. The normalized spacial score (nSPS) is 32.5. The lowest BCUT2D eigenvalue weighted by molar-refractivity contribution is -0.244. The van der Waals surface area contributed by atoms with E-state index in [-0.39, 0.29) is 37.1 Å². The first-order valence-electron chi connectivity index (χ1n) is 12.8. The molecule has 0 N–H and O–H groups in total. The van der Waals surface area contributed by atoms with E-state index in [1.165, 1.54) is 0 Å². The van der Waals surface area contributed by atoms with E-state index in [9.17, 15) is 0 Å². The average molecular weight is 513 g/mol. The second-order valence-corrected chi connectivity index (χ2v) is 9.87. The summed E-state index contributed by atoms with van der Waals surface area (Å²) >= 11 is 0. The second kappa shape index (κ2) is 12.1. The van der Waals surface area contributed by atoms with Gasteiger partial charge in [-0.1, -0.05) is 66.7 Å². The molecule has 37 heavy (non-hydrogen) atoms. The molecule has 5 rings (SSSR count). The molecule has 0 unspecified atom stereocenters. The lowest BCUT2D eigenvalue weighted by Gasteiger charge is -2.33. The zero-order chi connectivity index (χ0) is 25.7. The summed E-state index contributed by atoms with van der Waals surface area (Å²) in [7, 11) is 1.60. The summed E-state index contributed by atoms with van der Waals surface area (Å²) in [6, 6.07) is 20.1. The van der Waals surface area contributed by atoms with Crippen LogP contribution in [0.15, 0.2) is 72.8 Å². The molecule has 0 bridgehead atoms. The maximum absolute atomic E-state index is 6.27. The zero-order valence-corrected chi connectivity index (χ0v) is 21.6. The molecule has 8 nitrogen and oxygen atoms in total. The zero-order valence-electron chi connectivity index (χ0n) is 21.6. The molecule has 2 saturated heterocycles. The highest BCUT2D eigenvalue weighted by molar-refractivity contribution is 5.14. The molecule has 0 aliphatic carbocycles. The van der Waals surface area contributed by atoms with E-state index in [2.05, 4.69) is 0 Å². The molecule has 0 saturated carbocycles. The predicted octanol–water partition coefficient (Wildman–Crippen LogP) is 3.98. The molecule has 0 spiro atoms. The number of fused-ring (bicyclic) bond motifs is 1. The Hall–Kier alpha value is -2.14. The van der Waals surface area contributed by atoms with Crippen molar-refractivity contribution in [2.75, 3.05) is 20.3 Å². The summed E-state index contributed by atoms with van der Waals surface area (Å²) in [5.41, 5.74) is 2.20. The molecular formula is C29H36O8. The van der Waals surface area contributed by atoms with Gasteiger partial charge in [-0.2, -0.15) is 0 Å². The summed E-state index contributed by atoms with van der Waals surface area (Å²) < 4.78 is 48.0. The third-order valence-corrected chi connectivity index (χ3v) is 6.58. The summed E-state index contributed by atoms with van der Waals surface area (Å²) in [4.78, 5) is 0. The molecule has 2 aromatic rings. The molecule has 7 atom stereocenters.